The zero-order valence-corrected chi connectivity index (χ0v) is 32.6. The molecule has 1 atom stereocenters. The molecule has 58 heavy (non-hydrogen) atoms. The van der Waals surface area contributed by atoms with E-state index in [9.17, 15) is 28.8 Å². The number of imide groups is 2. The van der Waals surface area contributed by atoms with E-state index in [1.54, 1.807) is 56.4 Å². The molecule has 4 aromatic rings. The molecule has 15 nitrogen and oxygen atoms in total. The van der Waals surface area contributed by atoms with Gasteiger partial charge in [0.1, 0.15) is 23.3 Å². The summed E-state index contributed by atoms with van der Waals surface area (Å²) in [6.07, 6.45) is 8.16. The van der Waals surface area contributed by atoms with Gasteiger partial charge in [0.25, 0.3) is 17.4 Å². The van der Waals surface area contributed by atoms with E-state index in [1.807, 2.05) is 29.3 Å². The second-order valence-corrected chi connectivity index (χ2v) is 16.4. The minimum atomic E-state index is -1.02. The van der Waals surface area contributed by atoms with Crippen LogP contribution in [-0.2, 0) is 28.0 Å². The third kappa shape index (κ3) is 6.46. The number of amides is 5. The first kappa shape index (κ1) is 37.5. The summed E-state index contributed by atoms with van der Waals surface area (Å²) in [6.45, 7) is 3.59. The first-order valence-electron chi connectivity index (χ1n) is 19.7. The number of piperidine rings is 1. The lowest BCUT2D eigenvalue weighted by Crippen LogP contribution is -2.54. The number of likely N-dealkylation sites (tertiary alicyclic amines) is 2. The number of rotatable bonds is 10. The molecule has 1 N–H and O–H groups in total. The van der Waals surface area contributed by atoms with E-state index in [0.717, 1.165) is 65.9 Å². The van der Waals surface area contributed by atoms with Crippen molar-refractivity contribution in [1.82, 2.24) is 29.6 Å². The van der Waals surface area contributed by atoms with Crippen molar-refractivity contribution in [2.45, 2.75) is 57.2 Å². The lowest BCUT2D eigenvalue weighted by atomic mass is 9.66. The molecule has 2 aromatic carbocycles. The topological polar surface area (TPSA) is 170 Å². The van der Waals surface area contributed by atoms with Crippen molar-refractivity contribution in [1.29, 1.82) is 0 Å². The summed E-state index contributed by atoms with van der Waals surface area (Å²) in [4.78, 5) is 85.9. The number of methoxy groups -OCH3 is 2. The van der Waals surface area contributed by atoms with Crippen LogP contribution in [0.2, 0.25) is 0 Å². The monoisotopic (exact) mass is 788 g/mol. The number of aryl methyl sites for hydroxylation is 1. The Labute approximate surface area is 333 Å². The van der Waals surface area contributed by atoms with Crippen LogP contribution in [0.5, 0.6) is 17.2 Å². The maximum absolute atomic E-state index is 13.5. The molecule has 0 radical (unpaired) electrons. The van der Waals surface area contributed by atoms with Gasteiger partial charge in [-0.25, -0.2) is 0 Å². The van der Waals surface area contributed by atoms with E-state index in [0.29, 0.717) is 42.1 Å². The molecule has 300 valence electrons. The number of carbonyl (C=O) groups excluding carboxylic acids is 5. The van der Waals surface area contributed by atoms with Crippen LogP contribution in [0.15, 0.2) is 59.8 Å². The maximum atomic E-state index is 13.5. The number of carbonyl (C=O) groups is 5. The summed E-state index contributed by atoms with van der Waals surface area (Å²) in [6, 6.07) is 9.58. The number of aromatic nitrogens is 2. The van der Waals surface area contributed by atoms with Crippen molar-refractivity contribution >= 4 is 40.3 Å². The summed E-state index contributed by atoms with van der Waals surface area (Å²) >= 11 is 0. The molecule has 3 saturated heterocycles. The highest BCUT2D eigenvalue weighted by atomic mass is 16.5. The van der Waals surface area contributed by atoms with Crippen LogP contribution < -0.4 is 25.1 Å². The summed E-state index contributed by atoms with van der Waals surface area (Å²) in [5.74, 6) is 0.103. The van der Waals surface area contributed by atoms with Crippen LogP contribution >= 0.6 is 0 Å². The minimum absolute atomic E-state index is 0.00786. The van der Waals surface area contributed by atoms with Crippen molar-refractivity contribution in [3.05, 3.63) is 82.0 Å². The van der Waals surface area contributed by atoms with Crippen LogP contribution in [0.1, 0.15) is 64.8 Å². The zero-order chi connectivity index (χ0) is 40.5. The largest absolute Gasteiger partial charge is 0.496 e. The van der Waals surface area contributed by atoms with E-state index >= 15 is 0 Å². The smallest absolute Gasteiger partial charge is 0.262 e. The van der Waals surface area contributed by atoms with Crippen molar-refractivity contribution in [2.75, 3.05) is 40.4 Å². The van der Waals surface area contributed by atoms with Crippen LogP contribution in [0.4, 0.5) is 0 Å². The number of nitrogens with zero attached hydrogens (tertiary/aromatic N) is 5. The standard InChI is InChI=1S/C43H44N6O9/c1-46-21-32(28-8-10-44-18-31(28)40(46)53)25-13-35(56-2)33(36(14-25)57-3)22-47-19-24(20-47)12-38(51)48-11-9-43(23-48)16-27(17-43)58-26-4-5-29-30(15-26)42(55)49(41(29)54)34-6-7-37(50)45-39(34)52/h4-5,8,10,13-15,18,21,24,27,34H,6-7,9,11-12,16-17,19-20,22-23H2,1-3H3,(H,45,50,52)/t27?,34-,43?/m0/s1. The molecule has 5 amide bonds. The van der Waals surface area contributed by atoms with Gasteiger partial charge in [-0.1, -0.05) is 0 Å². The Kier molecular flexibility index (Phi) is 9.29. The molecule has 2 aromatic heterocycles. The van der Waals surface area contributed by atoms with Crippen LogP contribution in [0, 0.1) is 11.3 Å². The second kappa shape index (κ2) is 14.4. The summed E-state index contributed by atoms with van der Waals surface area (Å²) in [7, 11) is 5.00. The summed E-state index contributed by atoms with van der Waals surface area (Å²) < 4.78 is 19.6. The molecule has 1 spiro atoms. The molecular formula is C43H44N6O9. The van der Waals surface area contributed by atoms with E-state index < -0.39 is 29.7 Å². The predicted octanol–water partition coefficient (Wildman–Crippen LogP) is 3.30. The molecule has 4 aliphatic heterocycles. The van der Waals surface area contributed by atoms with Gasteiger partial charge in [0.2, 0.25) is 17.7 Å². The Morgan fingerprint density at radius 3 is 2.40 bits per heavy atom. The average molecular weight is 789 g/mol. The fourth-order valence-electron chi connectivity index (χ4n) is 9.56. The van der Waals surface area contributed by atoms with Gasteiger partial charge in [-0.2, -0.15) is 0 Å². The number of nitrogens with one attached hydrogen (secondary N) is 1. The van der Waals surface area contributed by atoms with Crippen molar-refractivity contribution in [2.24, 2.45) is 18.4 Å². The van der Waals surface area contributed by atoms with Crippen molar-refractivity contribution in [3.8, 4) is 28.4 Å². The van der Waals surface area contributed by atoms with Crippen molar-refractivity contribution < 1.29 is 38.2 Å². The number of fused-ring (bicyclic) bond motifs is 2. The van der Waals surface area contributed by atoms with E-state index in [4.69, 9.17) is 14.2 Å². The lowest BCUT2D eigenvalue weighted by Gasteiger charge is -2.45. The first-order chi connectivity index (χ1) is 27.9. The molecule has 4 fully saturated rings. The van der Waals surface area contributed by atoms with Gasteiger partial charge in [-0.15, -0.1) is 0 Å². The van der Waals surface area contributed by atoms with Gasteiger partial charge in [0.05, 0.1) is 42.4 Å². The third-order valence-corrected chi connectivity index (χ3v) is 12.6. The van der Waals surface area contributed by atoms with Crippen LogP contribution in [0.25, 0.3) is 21.9 Å². The van der Waals surface area contributed by atoms with E-state index in [2.05, 4.69) is 15.2 Å². The Hall–Kier alpha value is -6.09. The van der Waals surface area contributed by atoms with Gasteiger partial charge in [-0.3, -0.25) is 48.9 Å². The normalized spacial score (nSPS) is 23.2. The Bertz CT molecular complexity index is 2440. The van der Waals surface area contributed by atoms with Crippen LogP contribution in [-0.4, -0.2) is 106 Å². The van der Waals surface area contributed by atoms with Crippen LogP contribution in [0.3, 0.4) is 0 Å². The number of hydrogen-bond acceptors (Lipinski definition) is 11. The maximum Gasteiger partial charge on any atom is 0.262 e. The molecule has 0 bridgehead atoms. The molecule has 5 aliphatic rings. The quantitative estimate of drug-likeness (QED) is 0.234. The van der Waals surface area contributed by atoms with Gasteiger partial charge in [0.15, 0.2) is 0 Å². The molecule has 0 unspecified atom stereocenters. The Morgan fingerprint density at radius 1 is 0.931 bits per heavy atom. The highest BCUT2D eigenvalue weighted by Gasteiger charge is 2.51. The molecule has 1 saturated carbocycles. The third-order valence-electron chi connectivity index (χ3n) is 12.6. The molecule has 1 aliphatic carbocycles. The number of benzene rings is 2. The number of hydrogen-bond donors (Lipinski definition) is 1. The molecule has 15 heteroatoms. The molecular weight excluding hydrogens is 745 g/mol. The number of ether oxygens (including phenoxy) is 3. The van der Waals surface area contributed by atoms with Gasteiger partial charge >= 0.3 is 0 Å². The highest BCUT2D eigenvalue weighted by Crippen LogP contribution is 2.50. The average Bonchev–Trinajstić information content (AvgIpc) is 3.74. The highest BCUT2D eigenvalue weighted by molar-refractivity contribution is 6.23. The minimum Gasteiger partial charge on any atom is -0.496 e. The lowest BCUT2D eigenvalue weighted by molar-refractivity contribution is -0.136. The SMILES string of the molecule is COc1cc(-c2cn(C)c(=O)c3cnccc23)cc(OC)c1CN1CC(CC(=O)N2CCC3(CC(Oc4ccc5c(c4)C(=O)N([C@H]4CCC(=O)NC4=O)C5=O)C3)C2)C1. The summed E-state index contributed by atoms with van der Waals surface area (Å²) in [5.41, 5.74) is 2.95. The van der Waals surface area contributed by atoms with Crippen molar-refractivity contribution in [3.63, 3.8) is 0 Å². The van der Waals surface area contributed by atoms with E-state index in [-0.39, 0.29) is 52.9 Å². The molecule has 6 heterocycles. The molecule has 9 rings (SSSR count). The summed E-state index contributed by atoms with van der Waals surface area (Å²) in [5, 5.41) is 3.55. The van der Waals surface area contributed by atoms with E-state index in [1.165, 1.54) is 0 Å². The van der Waals surface area contributed by atoms with Gasteiger partial charge in [-0.05, 0) is 84.4 Å². The number of pyridine rings is 2. The second-order valence-electron chi connectivity index (χ2n) is 16.4. The Morgan fingerprint density at radius 2 is 1.67 bits per heavy atom. The van der Waals surface area contributed by atoms with Gasteiger partial charge < -0.3 is 23.7 Å². The fourth-order valence-corrected chi connectivity index (χ4v) is 9.56. The predicted molar refractivity (Wildman–Crippen MR) is 209 cm³/mol. The Balaban J connectivity index is 0.770. The first-order valence-corrected chi connectivity index (χ1v) is 19.7. The fraction of sp³-hybridized carbons (Fsp3) is 0.419. The zero-order valence-electron chi connectivity index (χ0n) is 32.6. The van der Waals surface area contributed by atoms with Gasteiger partial charge in [0, 0.05) is 76.8 Å².